The van der Waals surface area contributed by atoms with E-state index in [0.29, 0.717) is 16.3 Å². The lowest BCUT2D eigenvalue weighted by molar-refractivity contribution is 0.0992. The Morgan fingerprint density at radius 2 is 2.32 bits per heavy atom. The second-order valence-electron chi connectivity index (χ2n) is 4.16. The minimum atomic E-state index is -0.0207. The maximum Gasteiger partial charge on any atom is 0.193 e. The highest BCUT2D eigenvalue weighted by atomic mass is 35.5. The van der Waals surface area contributed by atoms with Crippen LogP contribution >= 0.6 is 22.9 Å². The SMILES string of the molecule is Nc1ccc(C(=O)Cc2cn3ccsc3n2)cc1Cl. The van der Waals surface area contributed by atoms with E-state index < -0.39 is 0 Å². The molecule has 0 aliphatic rings. The number of carbonyl (C=O) groups is 1. The number of thiazole rings is 1. The van der Waals surface area contributed by atoms with E-state index in [2.05, 4.69) is 4.98 Å². The van der Waals surface area contributed by atoms with Gasteiger partial charge in [-0.05, 0) is 18.2 Å². The molecule has 0 spiro atoms. The predicted octanol–water partition coefficient (Wildman–Crippen LogP) is 3.06. The van der Waals surface area contributed by atoms with E-state index in [1.54, 1.807) is 18.2 Å². The van der Waals surface area contributed by atoms with Crippen molar-refractivity contribution in [1.82, 2.24) is 9.38 Å². The van der Waals surface area contributed by atoms with Crippen molar-refractivity contribution in [1.29, 1.82) is 0 Å². The number of hydrogen-bond acceptors (Lipinski definition) is 4. The normalized spacial score (nSPS) is 11.0. The molecule has 2 heterocycles. The van der Waals surface area contributed by atoms with Crippen molar-refractivity contribution in [3.8, 4) is 0 Å². The van der Waals surface area contributed by atoms with Crippen LogP contribution in [-0.4, -0.2) is 15.2 Å². The van der Waals surface area contributed by atoms with E-state index in [9.17, 15) is 4.79 Å². The summed E-state index contributed by atoms with van der Waals surface area (Å²) in [4.78, 5) is 17.4. The number of benzene rings is 1. The number of Topliss-reactive ketones (excluding diaryl/α,β-unsaturated/α-hetero) is 1. The summed E-state index contributed by atoms with van der Waals surface area (Å²) in [5.74, 6) is -0.0207. The number of nitrogens with two attached hydrogens (primary N) is 1. The Morgan fingerprint density at radius 3 is 3.05 bits per heavy atom. The number of ketones is 1. The van der Waals surface area contributed by atoms with Gasteiger partial charge in [0.2, 0.25) is 0 Å². The number of aromatic nitrogens is 2. The average Bonchev–Trinajstić information content (AvgIpc) is 2.93. The summed E-state index contributed by atoms with van der Waals surface area (Å²) >= 11 is 7.45. The molecule has 0 fully saturated rings. The highest BCUT2D eigenvalue weighted by molar-refractivity contribution is 7.15. The van der Waals surface area contributed by atoms with Crippen LogP contribution in [0.2, 0.25) is 5.02 Å². The fourth-order valence-corrected chi connectivity index (χ4v) is 2.73. The number of rotatable bonds is 3. The van der Waals surface area contributed by atoms with Gasteiger partial charge in [0.05, 0.1) is 22.8 Å². The van der Waals surface area contributed by atoms with Crippen LogP contribution in [0.3, 0.4) is 0 Å². The molecule has 6 heteroatoms. The number of nitrogens with zero attached hydrogens (tertiary/aromatic N) is 2. The summed E-state index contributed by atoms with van der Waals surface area (Å²) in [6.45, 7) is 0. The van der Waals surface area contributed by atoms with Crippen LogP contribution in [0, 0.1) is 0 Å². The van der Waals surface area contributed by atoms with Crippen LogP contribution in [0.25, 0.3) is 4.96 Å². The molecular weight excluding hydrogens is 282 g/mol. The van der Waals surface area contributed by atoms with E-state index >= 15 is 0 Å². The number of hydrogen-bond donors (Lipinski definition) is 1. The summed E-state index contributed by atoms with van der Waals surface area (Å²) in [6.07, 6.45) is 4.04. The zero-order chi connectivity index (χ0) is 13.4. The fraction of sp³-hybridized carbons (Fsp3) is 0.0769. The van der Waals surface area contributed by atoms with E-state index in [1.165, 1.54) is 11.3 Å². The van der Waals surface area contributed by atoms with Crippen LogP contribution in [-0.2, 0) is 6.42 Å². The van der Waals surface area contributed by atoms with E-state index in [4.69, 9.17) is 17.3 Å². The van der Waals surface area contributed by atoms with Crippen molar-refractivity contribution in [2.24, 2.45) is 0 Å². The molecule has 0 bridgehead atoms. The highest BCUT2D eigenvalue weighted by Gasteiger charge is 2.11. The monoisotopic (exact) mass is 291 g/mol. The van der Waals surface area contributed by atoms with Gasteiger partial charge in [-0.3, -0.25) is 9.20 Å². The van der Waals surface area contributed by atoms with Crippen LogP contribution in [0.15, 0.2) is 36.0 Å². The molecule has 0 saturated heterocycles. The Labute approximate surface area is 118 Å². The Kier molecular flexibility index (Phi) is 3.00. The van der Waals surface area contributed by atoms with Crippen molar-refractivity contribution < 1.29 is 4.79 Å². The van der Waals surface area contributed by atoms with Gasteiger partial charge in [0.15, 0.2) is 10.7 Å². The van der Waals surface area contributed by atoms with Gasteiger partial charge < -0.3 is 5.73 Å². The molecule has 0 saturated carbocycles. The zero-order valence-electron chi connectivity index (χ0n) is 9.84. The van der Waals surface area contributed by atoms with Crippen LogP contribution in [0.5, 0.6) is 0 Å². The smallest absolute Gasteiger partial charge is 0.193 e. The van der Waals surface area contributed by atoms with Crippen molar-refractivity contribution in [2.45, 2.75) is 6.42 Å². The summed E-state index contributed by atoms with van der Waals surface area (Å²) in [5, 5.41) is 2.35. The average molecular weight is 292 g/mol. The summed E-state index contributed by atoms with van der Waals surface area (Å²) in [5.41, 5.74) is 7.40. The molecule has 2 N–H and O–H groups in total. The Morgan fingerprint density at radius 1 is 1.47 bits per heavy atom. The molecule has 96 valence electrons. The molecule has 3 rings (SSSR count). The van der Waals surface area contributed by atoms with Crippen molar-refractivity contribution >= 4 is 39.4 Å². The second kappa shape index (κ2) is 4.68. The first kappa shape index (κ1) is 12.2. The van der Waals surface area contributed by atoms with Crippen molar-refractivity contribution in [2.75, 3.05) is 5.73 Å². The Bertz CT molecular complexity index is 734. The first-order valence-corrected chi connectivity index (χ1v) is 6.88. The molecule has 1 aromatic carbocycles. The Hall–Kier alpha value is -1.85. The largest absolute Gasteiger partial charge is 0.398 e. The number of imidazole rings is 1. The van der Waals surface area contributed by atoms with Gasteiger partial charge >= 0.3 is 0 Å². The molecule has 0 atom stereocenters. The minimum Gasteiger partial charge on any atom is -0.398 e. The van der Waals surface area contributed by atoms with Crippen LogP contribution < -0.4 is 5.73 Å². The lowest BCUT2D eigenvalue weighted by Crippen LogP contribution is -2.04. The van der Waals surface area contributed by atoms with Crippen molar-refractivity contribution in [3.05, 3.63) is 52.3 Å². The first-order valence-electron chi connectivity index (χ1n) is 5.63. The van der Waals surface area contributed by atoms with E-state index in [0.717, 1.165) is 10.7 Å². The minimum absolute atomic E-state index is 0.0207. The van der Waals surface area contributed by atoms with Gasteiger partial charge in [-0.15, -0.1) is 11.3 Å². The van der Waals surface area contributed by atoms with Gasteiger partial charge in [0.25, 0.3) is 0 Å². The summed E-state index contributed by atoms with van der Waals surface area (Å²) < 4.78 is 1.91. The lowest BCUT2D eigenvalue weighted by Gasteiger charge is -2.02. The quantitative estimate of drug-likeness (QED) is 0.596. The van der Waals surface area contributed by atoms with Crippen LogP contribution in [0.4, 0.5) is 5.69 Å². The predicted molar refractivity (Wildman–Crippen MR) is 77.0 cm³/mol. The van der Waals surface area contributed by atoms with Crippen LogP contribution in [0.1, 0.15) is 16.1 Å². The highest BCUT2D eigenvalue weighted by Crippen LogP contribution is 2.21. The molecule has 0 radical (unpaired) electrons. The molecule has 0 aliphatic carbocycles. The third-order valence-electron chi connectivity index (χ3n) is 2.81. The second-order valence-corrected chi connectivity index (χ2v) is 5.44. The van der Waals surface area contributed by atoms with Gasteiger partial charge in [-0.1, -0.05) is 11.6 Å². The number of carbonyl (C=O) groups excluding carboxylic acids is 1. The molecule has 19 heavy (non-hydrogen) atoms. The summed E-state index contributed by atoms with van der Waals surface area (Å²) in [6, 6.07) is 4.92. The molecule has 4 nitrogen and oxygen atoms in total. The number of nitrogen functional groups attached to an aromatic ring is 1. The third-order valence-corrected chi connectivity index (χ3v) is 3.91. The molecule has 0 amide bonds. The lowest BCUT2D eigenvalue weighted by atomic mass is 10.1. The first-order chi connectivity index (χ1) is 9.13. The number of fused-ring (bicyclic) bond motifs is 1. The number of anilines is 1. The van der Waals surface area contributed by atoms with E-state index in [-0.39, 0.29) is 12.2 Å². The summed E-state index contributed by atoms with van der Waals surface area (Å²) in [7, 11) is 0. The van der Waals surface area contributed by atoms with Gasteiger partial charge in [-0.25, -0.2) is 4.98 Å². The zero-order valence-corrected chi connectivity index (χ0v) is 11.4. The standard InChI is InChI=1S/C13H10ClN3OS/c14-10-5-8(1-2-11(10)15)12(18)6-9-7-17-3-4-19-13(17)16-9/h1-5,7H,6,15H2. The van der Waals surface area contributed by atoms with Crippen molar-refractivity contribution in [3.63, 3.8) is 0 Å². The Balaban J connectivity index is 1.84. The molecule has 2 aromatic heterocycles. The molecule has 0 unspecified atom stereocenters. The van der Waals surface area contributed by atoms with Gasteiger partial charge in [0, 0.05) is 23.3 Å². The third kappa shape index (κ3) is 2.34. The topological polar surface area (TPSA) is 60.4 Å². The van der Waals surface area contributed by atoms with Gasteiger partial charge in [-0.2, -0.15) is 0 Å². The van der Waals surface area contributed by atoms with E-state index in [1.807, 2.05) is 22.2 Å². The molecule has 3 aromatic rings. The maximum absolute atomic E-state index is 12.1. The maximum atomic E-state index is 12.1. The van der Waals surface area contributed by atoms with Gasteiger partial charge in [0.1, 0.15) is 0 Å². The molecule has 0 aliphatic heterocycles. The molecular formula is C13H10ClN3OS. The fourth-order valence-electron chi connectivity index (χ4n) is 1.83. The number of halogens is 1.